The third-order valence-electron chi connectivity index (χ3n) is 3.91. The van der Waals surface area contributed by atoms with Gasteiger partial charge in [-0.25, -0.2) is 4.79 Å². The van der Waals surface area contributed by atoms with Gasteiger partial charge in [0.1, 0.15) is 11.3 Å². The summed E-state index contributed by atoms with van der Waals surface area (Å²) in [4.78, 5) is 14.6. The maximum Gasteiger partial charge on any atom is 0.235 e. The summed E-state index contributed by atoms with van der Waals surface area (Å²) < 4.78 is 5.45. The molecule has 1 aromatic rings. The molecule has 1 saturated carbocycles. The smallest absolute Gasteiger partial charge is 0.235 e. The highest BCUT2D eigenvalue weighted by Gasteiger charge is 2.48. The summed E-state index contributed by atoms with van der Waals surface area (Å²) in [6.45, 7) is 0. The number of ether oxygens (including phenoxy) is 1. The number of nitrogens with zero attached hydrogens (tertiary/aromatic N) is 1. The van der Waals surface area contributed by atoms with Crippen molar-refractivity contribution in [1.82, 2.24) is 0 Å². The summed E-state index contributed by atoms with van der Waals surface area (Å²) in [6, 6.07) is 4.16. The molecule has 3 heteroatoms. The highest BCUT2D eigenvalue weighted by Crippen LogP contribution is 2.54. The van der Waals surface area contributed by atoms with Gasteiger partial charge in [0.25, 0.3) is 0 Å². The molecule has 0 heterocycles. The van der Waals surface area contributed by atoms with E-state index in [0.717, 1.165) is 37.0 Å². The first kappa shape index (κ1) is 10.5. The van der Waals surface area contributed by atoms with E-state index < -0.39 is 0 Å². The first-order chi connectivity index (χ1) is 8.30. The summed E-state index contributed by atoms with van der Waals surface area (Å²) in [5.41, 5.74) is 3.59. The zero-order valence-electron chi connectivity index (χ0n) is 9.95. The van der Waals surface area contributed by atoms with Gasteiger partial charge in [0, 0.05) is 5.56 Å². The lowest BCUT2D eigenvalue weighted by molar-refractivity contribution is 0.403. The molecule has 0 spiro atoms. The lowest BCUT2D eigenvalue weighted by Crippen LogP contribution is -2.09. The monoisotopic (exact) mass is 229 g/mol. The highest BCUT2D eigenvalue weighted by atomic mass is 16.5. The minimum atomic E-state index is -0.317. The van der Waals surface area contributed by atoms with Crippen molar-refractivity contribution in [2.24, 2.45) is 4.99 Å². The van der Waals surface area contributed by atoms with Crippen molar-refractivity contribution in [3.8, 4) is 5.75 Å². The number of isocyanates is 1. The Morgan fingerprint density at radius 2 is 2.18 bits per heavy atom. The van der Waals surface area contributed by atoms with Gasteiger partial charge in [-0.3, -0.25) is 0 Å². The van der Waals surface area contributed by atoms with Crippen molar-refractivity contribution in [3.63, 3.8) is 0 Å². The molecule has 0 saturated heterocycles. The SMILES string of the molecule is COc1ccc2c(c1C1(N=C=O)CC1)CCC2. The van der Waals surface area contributed by atoms with Crippen LogP contribution < -0.4 is 4.74 Å². The van der Waals surface area contributed by atoms with Gasteiger partial charge in [-0.15, -0.1) is 0 Å². The van der Waals surface area contributed by atoms with Crippen molar-refractivity contribution in [2.75, 3.05) is 7.11 Å². The third kappa shape index (κ3) is 1.50. The number of hydrogen-bond donors (Lipinski definition) is 0. The molecule has 0 aliphatic heterocycles. The average Bonchev–Trinajstić information content (AvgIpc) is 2.96. The molecule has 0 atom stereocenters. The van der Waals surface area contributed by atoms with Crippen LogP contribution >= 0.6 is 0 Å². The minimum absolute atomic E-state index is 0.317. The van der Waals surface area contributed by atoms with Gasteiger partial charge in [0.05, 0.1) is 7.11 Å². The summed E-state index contributed by atoms with van der Waals surface area (Å²) in [5.74, 6) is 0.877. The van der Waals surface area contributed by atoms with E-state index >= 15 is 0 Å². The largest absolute Gasteiger partial charge is 0.496 e. The summed E-state index contributed by atoms with van der Waals surface area (Å²) in [6.07, 6.45) is 7.01. The van der Waals surface area contributed by atoms with Crippen LogP contribution in [0.4, 0.5) is 0 Å². The number of methoxy groups -OCH3 is 1. The Labute approximate surface area is 101 Å². The second-order valence-electron chi connectivity index (χ2n) is 4.87. The third-order valence-corrected chi connectivity index (χ3v) is 3.91. The van der Waals surface area contributed by atoms with Crippen LogP contribution in [0, 0.1) is 0 Å². The first-order valence-corrected chi connectivity index (χ1v) is 6.09. The van der Waals surface area contributed by atoms with E-state index in [4.69, 9.17) is 4.74 Å². The van der Waals surface area contributed by atoms with Crippen LogP contribution in [0.25, 0.3) is 0 Å². The van der Waals surface area contributed by atoms with Gasteiger partial charge in [0.15, 0.2) is 0 Å². The number of benzene rings is 1. The Hall–Kier alpha value is -1.60. The summed E-state index contributed by atoms with van der Waals surface area (Å²) in [5, 5.41) is 0. The molecule has 1 aromatic carbocycles. The molecule has 0 unspecified atom stereocenters. The Balaban J connectivity index is 2.20. The van der Waals surface area contributed by atoms with Crippen molar-refractivity contribution in [1.29, 1.82) is 0 Å². The maximum atomic E-state index is 10.6. The van der Waals surface area contributed by atoms with Crippen molar-refractivity contribution in [2.45, 2.75) is 37.6 Å². The van der Waals surface area contributed by atoms with Crippen LogP contribution in [0.5, 0.6) is 5.75 Å². The van der Waals surface area contributed by atoms with Crippen molar-refractivity contribution < 1.29 is 9.53 Å². The van der Waals surface area contributed by atoms with Gasteiger partial charge >= 0.3 is 0 Å². The van der Waals surface area contributed by atoms with Gasteiger partial charge in [-0.2, -0.15) is 4.99 Å². The maximum absolute atomic E-state index is 10.6. The van der Waals surface area contributed by atoms with Gasteiger partial charge in [0.2, 0.25) is 6.08 Å². The Kier molecular flexibility index (Phi) is 2.30. The van der Waals surface area contributed by atoms with Crippen LogP contribution in [0.15, 0.2) is 17.1 Å². The average molecular weight is 229 g/mol. The predicted molar refractivity (Wildman–Crippen MR) is 64.1 cm³/mol. The zero-order chi connectivity index (χ0) is 11.9. The lowest BCUT2D eigenvalue weighted by Gasteiger charge is -2.18. The minimum Gasteiger partial charge on any atom is -0.496 e. The standard InChI is InChI=1S/C14H15NO2/c1-17-12-6-5-10-3-2-4-11(10)13(12)14(7-8-14)15-9-16/h5-6H,2-4,7-8H2,1H3. The molecule has 3 nitrogen and oxygen atoms in total. The summed E-state index contributed by atoms with van der Waals surface area (Å²) in [7, 11) is 1.68. The van der Waals surface area contributed by atoms with Crippen molar-refractivity contribution >= 4 is 6.08 Å². The van der Waals surface area contributed by atoms with Crippen LogP contribution in [0.2, 0.25) is 0 Å². The van der Waals surface area contributed by atoms with E-state index in [9.17, 15) is 4.79 Å². The predicted octanol–water partition coefficient (Wildman–Crippen LogP) is 2.51. The number of hydrogen-bond acceptors (Lipinski definition) is 3. The van der Waals surface area contributed by atoms with Gasteiger partial charge in [-0.05, 0) is 49.3 Å². The Morgan fingerprint density at radius 3 is 2.82 bits per heavy atom. The second-order valence-corrected chi connectivity index (χ2v) is 4.87. The molecule has 0 radical (unpaired) electrons. The molecule has 2 aliphatic carbocycles. The number of aliphatic imine (C=N–C) groups is 1. The molecule has 17 heavy (non-hydrogen) atoms. The number of fused-ring (bicyclic) bond motifs is 1. The molecule has 3 rings (SSSR count). The highest BCUT2D eigenvalue weighted by molar-refractivity contribution is 5.55. The Bertz CT molecular complexity index is 511. The zero-order valence-corrected chi connectivity index (χ0v) is 9.95. The van der Waals surface area contributed by atoms with Crippen LogP contribution in [0.3, 0.4) is 0 Å². The molecule has 0 aromatic heterocycles. The fourth-order valence-corrected chi connectivity index (χ4v) is 2.95. The molecule has 0 amide bonds. The second kappa shape index (κ2) is 3.71. The topological polar surface area (TPSA) is 38.7 Å². The number of aryl methyl sites for hydroxylation is 1. The molecule has 0 bridgehead atoms. The molecule has 88 valence electrons. The number of rotatable bonds is 3. The molecule has 1 fully saturated rings. The normalized spacial score (nSPS) is 19.4. The van der Waals surface area contributed by atoms with E-state index in [2.05, 4.69) is 11.1 Å². The summed E-state index contributed by atoms with van der Waals surface area (Å²) >= 11 is 0. The van der Waals surface area contributed by atoms with Crippen LogP contribution in [-0.2, 0) is 23.2 Å². The van der Waals surface area contributed by atoms with E-state index in [1.165, 1.54) is 17.5 Å². The van der Waals surface area contributed by atoms with E-state index in [-0.39, 0.29) is 5.54 Å². The van der Waals surface area contributed by atoms with Gasteiger partial charge in [-0.1, -0.05) is 6.07 Å². The lowest BCUT2D eigenvalue weighted by atomic mass is 9.94. The van der Waals surface area contributed by atoms with E-state index in [0.29, 0.717) is 0 Å². The fourth-order valence-electron chi connectivity index (χ4n) is 2.95. The van der Waals surface area contributed by atoms with Crippen molar-refractivity contribution in [3.05, 3.63) is 28.8 Å². The van der Waals surface area contributed by atoms with E-state index in [1.54, 1.807) is 13.2 Å². The van der Waals surface area contributed by atoms with Crippen LogP contribution in [0.1, 0.15) is 36.0 Å². The van der Waals surface area contributed by atoms with Gasteiger partial charge < -0.3 is 4.74 Å². The van der Waals surface area contributed by atoms with Crippen LogP contribution in [-0.4, -0.2) is 13.2 Å². The quantitative estimate of drug-likeness (QED) is 0.590. The first-order valence-electron chi connectivity index (χ1n) is 6.09. The molecular formula is C14H15NO2. The molecular weight excluding hydrogens is 214 g/mol. The Morgan fingerprint density at radius 1 is 1.35 bits per heavy atom. The molecule has 0 N–H and O–H groups in total. The fraction of sp³-hybridized carbons (Fsp3) is 0.500. The van der Waals surface area contributed by atoms with E-state index in [1.807, 2.05) is 6.07 Å². The number of carbonyl (C=O) groups excluding carboxylic acids is 1. The molecule has 2 aliphatic rings.